The van der Waals surface area contributed by atoms with Gasteiger partial charge in [-0.25, -0.2) is 0 Å². The van der Waals surface area contributed by atoms with Crippen molar-refractivity contribution in [1.82, 2.24) is 19.1 Å². The zero-order chi connectivity index (χ0) is 30.5. The van der Waals surface area contributed by atoms with E-state index in [0.717, 1.165) is 46.3 Å². The molecule has 4 heteroatoms. The molecular weight excluding hydrogens is 560 g/mol. The highest BCUT2D eigenvalue weighted by Crippen LogP contribution is 2.32. The molecule has 9 aromatic rings. The van der Waals surface area contributed by atoms with Crippen LogP contribution in [0.3, 0.4) is 0 Å². The molecule has 0 bridgehead atoms. The topological polar surface area (TPSA) is 35.6 Å². The van der Waals surface area contributed by atoms with Crippen molar-refractivity contribution >= 4 is 43.9 Å². The van der Waals surface area contributed by atoms with Crippen LogP contribution in [0.25, 0.3) is 55.2 Å². The van der Waals surface area contributed by atoms with Crippen molar-refractivity contribution in [2.75, 3.05) is 0 Å². The Morgan fingerprint density at radius 3 is 1.11 bits per heavy atom. The van der Waals surface area contributed by atoms with E-state index in [0.29, 0.717) is 0 Å². The van der Waals surface area contributed by atoms with Crippen molar-refractivity contribution in [2.45, 2.75) is 12.8 Å². The molecule has 0 saturated heterocycles. The summed E-state index contributed by atoms with van der Waals surface area (Å²) in [6, 6.07) is 52.2. The van der Waals surface area contributed by atoms with E-state index in [9.17, 15) is 0 Å². The van der Waals surface area contributed by atoms with E-state index < -0.39 is 0 Å². The summed E-state index contributed by atoms with van der Waals surface area (Å²) in [5.41, 5.74) is 14.2. The molecule has 4 aromatic heterocycles. The maximum atomic E-state index is 4.67. The van der Waals surface area contributed by atoms with E-state index in [1.54, 1.807) is 0 Å². The number of rotatable bonds is 6. The van der Waals surface area contributed by atoms with Gasteiger partial charge in [0.15, 0.2) is 0 Å². The van der Waals surface area contributed by atoms with Crippen LogP contribution in [-0.4, -0.2) is 19.1 Å². The lowest BCUT2D eigenvalue weighted by atomic mass is 10.00. The van der Waals surface area contributed by atoms with Crippen LogP contribution in [0.5, 0.6) is 0 Å². The molecule has 0 aliphatic heterocycles. The summed E-state index contributed by atoms with van der Waals surface area (Å²) in [7, 11) is 0. The second kappa shape index (κ2) is 10.9. The average molecular weight is 591 g/mol. The van der Waals surface area contributed by atoms with Crippen LogP contribution in [0.4, 0.5) is 0 Å². The summed E-state index contributed by atoms with van der Waals surface area (Å²) in [4.78, 5) is 9.34. The van der Waals surface area contributed by atoms with Crippen molar-refractivity contribution in [2.24, 2.45) is 0 Å². The zero-order valence-electron chi connectivity index (χ0n) is 25.2. The summed E-state index contributed by atoms with van der Waals surface area (Å²) in [6.07, 6.45) is 5.54. The summed E-state index contributed by atoms with van der Waals surface area (Å²) in [5.74, 6) is 0. The number of para-hydroxylation sites is 2. The predicted octanol–water partition coefficient (Wildman–Crippen LogP) is 9.85. The molecular formula is C42H30N4. The summed E-state index contributed by atoms with van der Waals surface area (Å²) < 4.78 is 4.62. The first-order valence-electron chi connectivity index (χ1n) is 15.7. The second-order valence-corrected chi connectivity index (χ2v) is 12.0. The average Bonchev–Trinajstić information content (AvgIpc) is 3.63. The van der Waals surface area contributed by atoms with Gasteiger partial charge in [-0.15, -0.1) is 0 Å². The molecule has 0 aliphatic carbocycles. The van der Waals surface area contributed by atoms with Gasteiger partial charge in [0.25, 0.3) is 0 Å². The fourth-order valence-electron chi connectivity index (χ4n) is 6.90. The van der Waals surface area contributed by atoms with Gasteiger partial charge in [-0.3, -0.25) is 9.97 Å². The molecule has 5 aromatic carbocycles. The Kier molecular flexibility index (Phi) is 6.24. The Morgan fingerprint density at radius 1 is 0.348 bits per heavy atom. The Labute approximate surface area is 266 Å². The first-order chi connectivity index (χ1) is 22.8. The summed E-state index contributed by atoms with van der Waals surface area (Å²) in [6.45, 7) is 0. The maximum Gasteiger partial charge on any atom is 0.0963 e. The fourth-order valence-corrected chi connectivity index (χ4v) is 6.90. The van der Waals surface area contributed by atoms with E-state index in [-0.39, 0.29) is 0 Å². The molecule has 4 nitrogen and oxygen atoms in total. The molecule has 0 amide bonds. The highest BCUT2D eigenvalue weighted by atomic mass is 15.0. The quantitative estimate of drug-likeness (QED) is 0.193. The third kappa shape index (κ3) is 4.46. The van der Waals surface area contributed by atoms with E-state index in [1.165, 1.54) is 44.1 Å². The fraction of sp³-hybridized carbons (Fsp3) is 0.0476. The SMILES string of the molecule is c1ccc2c(c1)c1ncccc1n2-c1ccc(Cc2ccc(Cc3ccc(-n4c5ccccc5c5ncccc54)cc3)cc2)cc1. The maximum absolute atomic E-state index is 4.67. The number of aromatic nitrogens is 4. The standard InChI is InChI=1S/C42H30N4/c1-3-9-37-35(7-1)41-39(11-5-25-43-41)45(37)33-21-17-31(18-22-33)27-29-13-15-30(16-14-29)28-32-19-23-34(24-20-32)46-38-10-4-2-8-36(38)42-40(46)12-6-26-44-42/h1-26H,27-28H2. The van der Waals surface area contributed by atoms with Gasteiger partial charge >= 0.3 is 0 Å². The number of hydrogen-bond donors (Lipinski definition) is 0. The molecule has 0 atom stereocenters. The molecule has 0 aliphatic rings. The van der Waals surface area contributed by atoms with E-state index in [4.69, 9.17) is 0 Å². The van der Waals surface area contributed by atoms with Crippen molar-refractivity contribution in [3.8, 4) is 11.4 Å². The monoisotopic (exact) mass is 590 g/mol. The van der Waals surface area contributed by atoms with Crippen LogP contribution in [0.1, 0.15) is 22.3 Å². The van der Waals surface area contributed by atoms with Crippen LogP contribution in [0, 0.1) is 0 Å². The molecule has 46 heavy (non-hydrogen) atoms. The number of hydrogen-bond acceptors (Lipinski definition) is 2. The van der Waals surface area contributed by atoms with Crippen molar-refractivity contribution < 1.29 is 0 Å². The minimum Gasteiger partial charge on any atom is -0.308 e. The van der Waals surface area contributed by atoms with Gasteiger partial charge in [-0.2, -0.15) is 0 Å². The van der Waals surface area contributed by atoms with Gasteiger partial charge in [0, 0.05) is 34.5 Å². The lowest BCUT2D eigenvalue weighted by Crippen LogP contribution is -1.96. The Bertz CT molecular complexity index is 2220. The molecule has 0 radical (unpaired) electrons. The smallest absolute Gasteiger partial charge is 0.0963 e. The Balaban J connectivity index is 0.920. The second-order valence-electron chi connectivity index (χ2n) is 12.0. The predicted molar refractivity (Wildman–Crippen MR) is 189 cm³/mol. The zero-order valence-corrected chi connectivity index (χ0v) is 25.2. The van der Waals surface area contributed by atoms with Gasteiger partial charge in [-0.1, -0.05) is 84.9 Å². The summed E-state index contributed by atoms with van der Waals surface area (Å²) >= 11 is 0. The summed E-state index contributed by atoms with van der Waals surface area (Å²) in [5, 5.41) is 2.36. The highest BCUT2D eigenvalue weighted by molar-refractivity contribution is 6.07. The molecule has 0 saturated carbocycles. The van der Waals surface area contributed by atoms with Crippen LogP contribution in [0.2, 0.25) is 0 Å². The number of nitrogens with zero attached hydrogens (tertiary/aromatic N) is 4. The molecule has 9 rings (SSSR count). The number of pyridine rings is 2. The largest absolute Gasteiger partial charge is 0.308 e. The normalized spacial score (nSPS) is 11.7. The molecule has 0 fully saturated rings. The van der Waals surface area contributed by atoms with Crippen LogP contribution >= 0.6 is 0 Å². The third-order valence-electron chi connectivity index (χ3n) is 9.08. The van der Waals surface area contributed by atoms with Gasteiger partial charge in [-0.05, 0) is 95.8 Å². The Morgan fingerprint density at radius 2 is 0.696 bits per heavy atom. The van der Waals surface area contributed by atoms with E-state index in [1.807, 2.05) is 24.5 Å². The van der Waals surface area contributed by atoms with E-state index in [2.05, 4.69) is 153 Å². The molecule has 0 spiro atoms. The molecule has 0 unspecified atom stereocenters. The Hall–Kier alpha value is -6.00. The number of benzene rings is 5. The van der Waals surface area contributed by atoms with Crippen LogP contribution in [0.15, 0.2) is 158 Å². The number of fused-ring (bicyclic) bond motifs is 6. The molecule has 4 heterocycles. The third-order valence-corrected chi connectivity index (χ3v) is 9.08. The van der Waals surface area contributed by atoms with Gasteiger partial charge in [0.1, 0.15) is 0 Å². The minimum atomic E-state index is 0.900. The van der Waals surface area contributed by atoms with Gasteiger partial charge in [0.05, 0.1) is 33.1 Å². The lowest BCUT2D eigenvalue weighted by Gasteiger charge is -2.10. The van der Waals surface area contributed by atoms with Crippen molar-refractivity contribution in [3.63, 3.8) is 0 Å². The van der Waals surface area contributed by atoms with E-state index >= 15 is 0 Å². The van der Waals surface area contributed by atoms with Crippen molar-refractivity contribution in [1.29, 1.82) is 0 Å². The van der Waals surface area contributed by atoms with Gasteiger partial charge < -0.3 is 9.13 Å². The van der Waals surface area contributed by atoms with Crippen molar-refractivity contribution in [3.05, 3.63) is 180 Å². The first kappa shape index (κ1) is 26.4. The van der Waals surface area contributed by atoms with Crippen LogP contribution in [-0.2, 0) is 12.8 Å². The highest BCUT2D eigenvalue weighted by Gasteiger charge is 2.14. The minimum absolute atomic E-state index is 0.900. The molecule has 0 N–H and O–H groups in total. The van der Waals surface area contributed by atoms with Crippen LogP contribution < -0.4 is 0 Å². The molecule has 218 valence electrons. The van der Waals surface area contributed by atoms with Gasteiger partial charge in [0.2, 0.25) is 0 Å². The lowest BCUT2D eigenvalue weighted by molar-refractivity contribution is 1.13. The first-order valence-corrected chi connectivity index (χ1v) is 15.7.